The number of hydrogen-bond donors (Lipinski definition) is 0. The van der Waals surface area contributed by atoms with Crippen LogP contribution >= 0.6 is 0 Å². The first kappa shape index (κ1) is 18.7. The van der Waals surface area contributed by atoms with Gasteiger partial charge in [-0.25, -0.2) is 4.39 Å². The van der Waals surface area contributed by atoms with Gasteiger partial charge >= 0.3 is 0 Å². The van der Waals surface area contributed by atoms with Crippen molar-refractivity contribution in [1.82, 2.24) is 0 Å². The van der Waals surface area contributed by atoms with Gasteiger partial charge < -0.3 is 4.74 Å². The van der Waals surface area contributed by atoms with E-state index in [1.54, 1.807) is 6.07 Å². The average Bonchev–Trinajstić information content (AvgIpc) is 2.60. The van der Waals surface area contributed by atoms with Crippen molar-refractivity contribution >= 4 is 0 Å². The lowest BCUT2D eigenvalue weighted by Crippen LogP contribution is -2.26. The molecule has 2 rings (SSSR count). The van der Waals surface area contributed by atoms with Crippen LogP contribution in [0.25, 0.3) is 0 Å². The molecule has 2 nitrogen and oxygen atoms in total. The molecule has 3 heteroatoms. The van der Waals surface area contributed by atoms with Crippen LogP contribution in [0.2, 0.25) is 0 Å². The normalized spacial score (nSPS) is 33.1. The third-order valence-corrected chi connectivity index (χ3v) is 5.97. The van der Waals surface area contributed by atoms with Crippen molar-refractivity contribution in [3.63, 3.8) is 0 Å². The van der Waals surface area contributed by atoms with E-state index in [1.807, 2.05) is 0 Å². The van der Waals surface area contributed by atoms with E-state index in [9.17, 15) is 4.39 Å². The van der Waals surface area contributed by atoms with E-state index in [1.165, 1.54) is 44.9 Å². The first-order valence-electron chi connectivity index (χ1n) is 9.86. The minimum absolute atomic E-state index is 0.379. The van der Waals surface area contributed by atoms with Gasteiger partial charge in [-0.1, -0.05) is 39.0 Å². The zero-order chi connectivity index (χ0) is 16.5. The molecule has 0 N–H and O–H groups in total. The number of rotatable bonds is 8. The molecule has 0 aliphatic heterocycles. The Morgan fingerprint density at radius 1 is 1.00 bits per heavy atom. The summed E-state index contributed by atoms with van der Waals surface area (Å²) in [5.74, 6) is 2.12. The second kappa shape index (κ2) is 10.3. The quantitative estimate of drug-likeness (QED) is 0.564. The molecule has 0 radical (unpaired) electrons. The van der Waals surface area contributed by atoms with Gasteiger partial charge in [0.1, 0.15) is 0 Å². The van der Waals surface area contributed by atoms with Gasteiger partial charge in [0.25, 0.3) is 0 Å². The predicted molar refractivity (Wildman–Crippen MR) is 91.8 cm³/mol. The van der Waals surface area contributed by atoms with Gasteiger partial charge in [-0.05, 0) is 62.7 Å². The number of halogens is 1. The lowest BCUT2D eigenvalue weighted by molar-refractivity contribution is -0.0113. The molecule has 2 aliphatic carbocycles. The van der Waals surface area contributed by atoms with Crippen molar-refractivity contribution in [3.8, 4) is 6.07 Å². The molecule has 1 atom stereocenters. The molecule has 0 aromatic heterocycles. The van der Waals surface area contributed by atoms with Gasteiger partial charge in [0.05, 0.1) is 12.2 Å². The summed E-state index contributed by atoms with van der Waals surface area (Å²) in [5.41, 5.74) is 0. The molecule has 2 aliphatic rings. The first-order valence-corrected chi connectivity index (χ1v) is 9.86. The highest BCUT2D eigenvalue weighted by atomic mass is 19.1. The van der Waals surface area contributed by atoms with Gasteiger partial charge in [0.2, 0.25) is 0 Å². The minimum Gasteiger partial charge on any atom is -0.378 e. The highest BCUT2D eigenvalue weighted by molar-refractivity contribution is 4.86. The van der Waals surface area contributed by atoms with Crippen LogP contribution in [0.5, 0.6) is 0 Å². The molecule has 23 heavy (non-hydrogen) atoms. The number of nitrogens with zero attached hydrogens (tertiary/aromatic N) is 1. The summed E-state index contributed by atoms with van der Waals surface area (Å²) in [7, 11) is 0. The highest BCUT2D eigenvalue weighted by Crippen LogP contribution is 2.34. The van der Waals surface area contributed by atoms with Crippen LogP contribution < -0.4 is 0 Å². The summed E-state index contributed by atoms with van der Waals surface area (Å²) in [4.78, 5) is 0. The van der Waals surface area contributed by atoms with Crippen molar-refractivity contribution in [3.05, 3.63) is 0 Å². The van der Waals surface area contributed by atoms with Crippen LogP contribution in [0, 0.1) is 29.1 Å². The van der Waals surface area contributed by atoms with E-state index in [0.717, 1.165) is 44.1 Å². The van der Waals surface area contributed by atoms with Crippen molar-refractivity contribution in [1.29, 1.82) is 5.26 Å². The van der Waals surface area contributed by atoms with Crippen LogP contribution in [0.1, 0.15) is 84.0 Å². The molecule has 2 saturated carbocycles. The van der Waals surface area contributed by atoms with Crippen molar-refractivity contribution in [2.24, 2.45) is 17.8 Å². The largest absolute Gasteiger partial charge is 0.378 e. The molecule has 0 bridgehead atoms. The maximum atomic E-state index is 13.1. The van der Waals surface area contributed by atoms with Gasteiger partial charge in [0.15, 0.2) is 6.17 Å². The van der Waals surface area contributed by atoms with E-state index in [4.69, 9.17) is 10.00 Å². The van der Waals surface area contributed by atoms with Crippen molar-refractivity contribution in [2.75, 3.05) is 6.61 Å². The van der Waals surface area contributed by atoms with Crippen LogP contribution in [0.15, 0.2) is 0 Å². The fourth-order valence-electron chi connectivity index (χ4n) is 4.33. The third-order valence-electron chi connectivity index (χ3n) is 5.97. The third kappa shape index (κ3) is 6.79. The van der Waals surface area contributed by atoms with Gasteiger partial charge in [-0.15, -0.1) is 0 Å². The van der Waals surface area contributed by atoms with Crippen molar-refractivity contribution < 1.29 is 9.13 Å². The number of alkyl halides is 1. The summed E-state index contributed by atoms with van der Waals surface area (Å²) in [6.45, 7) is 3.21. The van der Waals surface area contributed by atoms with E-state index in [-0.39, 0.29) is 0 Å². The maximum Gasteiger partial charge on any atom is 0.186 e. The molecule has 2 fully saturated rings. The summed E-state index contributed by atoms with van der Waals surface area (Å²) < 4.78 is 19.3. The zero-order valence-electron chi connectivity index (χ0n) is 14.8. The number of nitriles is 1. The average molecular weight is 323 g/mol. The molecule has 0 aromatic carbocycles. The molecule has 1 unspecified atom stereocenters. The smallest absolute Gasteiger partial charge is 0.186 e. The number of hydrogen-bond acceptors (Lipinski definition) is 2. The lowest BCUT2D eigenvalue weighted by atomic mass is 9.80. The van der Waals surface area contributed by atoms with Crippen LogP contribution in [0.4, 0.5) is 4.39 Å². The maximum absolute atomic E-state index is 13.1. The van der Waals surface area contributed by atoms with Gasteiger partial charge in [-0.2, -0.15) is 5.26 Å². The molecule has 0 heterocycles. The fourth-order valence-corrected chi connectivity index (χ4v) is 4.33. The topological polar surface area (TPSA) is 33.0 Å². The van der Waals surface area contributed by atoms with Gasteiger partial charge in [-0.3, -0.25) is 0 Å². The van der Waals surface area contributed by atoms with Crippen LogP contribution in [-0.4, -0.2) is 18.9 Å². The van der Waals surface area contributed by atoms with E-state index < -0.39 is 6.17 Å². The zero-order valence-corrected chi connectivity index (χ0v) is 14.8. The second-order valence-electron chi connectivity index (χ2n) is 7.84. The Balaban J connectivity index is 1.55. The summed E-state index contributed by atoms with van der Waals surface area (Å²) in [5, 5.41) is 8.56. The standard InChI is InChI=1S/C20H34FNO/c1-2-3-4-16-5-7-18(8-6-16)15-23-20-11-9-17(10-12-20)13-19(21)14-22/h16-20H,2-13,15H2,1H3. The summed E-state index contributed by atoms with van der Waals surface area (Å²) in [6.07, 6.45) is 13.3. The van der Waals surface area contributed by atoms with Crippen molar-refractivity contribution in [2.45, 2.75) is 96.2 Å². The monoisotopic (exact) mass is 323 g/mol. The number of unbranched alkanes of at least 4 members (excludes halogenated alkanes) is 1. The van der Waals surface area contributed by atoms with Gasteiger partial charge in [0, 0.05) is 6.61 Å². The fraction of sp³-hybridized carbons (Fsp3) is 0.950. The summed E-state index contributed by atoms with van der Waals surface area (Å²) in [6, 6.07) is 1.71. The molecule has 0 spiro atoms. The molecular weight excluding hydrogens is 289 g/mol. The second-order valence-corrected chi connectivity index (χ2v) is 7.84. The molecule has 132 valence electrons. The highest BCUT2D eigenvalue weighted by Gasteiger charge is 2.26. The predicted octanol–water partition coefficient (Wildman–Crippen LogP) is 5.81. The Hall–Kier alpha value is -0.620. The number of ether oxygens (including phenoxy) is 1. The molecule has 0 amide bonds. The van der Waals surface area contributed by atoms with E-state index in [0.29, 0.717) is 18.4 Å². The minimum atomic E-state index is -1.28. The SMILES string of the molecule is CCCCC1CCC(COC2CCC(CC(F)C#N)CC2)CC1. The Bertz CT molecular complexity index is 351. The molecule has 0 aromatic rings. The molecule has 0 saturated heterocycles. The van der Waals surface area contributed by atoms with Crippen LogP contribution in [-0.2, 0) is 4.74 Å². The lowest BCUT2D eigenvalue weighted by Gasteiger charge is -2.32. The molecular formula is C20H34FNO. The van der Waals surface area contributed by atoms with E-state index >= 15 is 0 Å². The Morgan fingerprint density at radius 3 is 2.22 bits per heavy atom. The van der Waals surface area contributed by atoms with Crippen LogP contribution in [0.3, 0.4) is 0 Å². The van der Waals surface area contributed by atoms with E-state index in [2.05, 4.69) is 6.92 Å². The summed E-state index contributed by atoms with van der Waals surface area (Å²) >= 11 is 0. The first-order chi connectivity index (χ1) is 11.2. The Morgan fingerprint density at radius 2 is 1.61 bits per heavy atom. The Labute approximate surface area is 141 Å². The Kier molecular flexibility index (Phi) is 8.37.